The highest BCUT2D eigenvalue weighted by Crippen LogP contribution is 2.22. The van der Waals surface area contributed by atoms with Crippen LogP contribution in [0.3, 0.4) is 0 Å². The van der Waals surface area contributed by atoms with Gasteiger partial charge in [-0.2, -0.15) is 0 Å². The number of carbonyl (C=O) groups excluding carboxylic acids is 1. The van der Waals surface area contributed by atoms with E-state index in [1.807, 2.05) is 0 Å². The molecule has 19 heavy (non-hydrogen) atoms. The van der Waals surface area contributed by atoms with Crippen LogP contribution in [-0.4, -0.2) is 24.5 Å². The van der Waals surface area contributed by atoms with Crippen LogP contribution in [0.4, 0.5) is 5.69 Å². The fourth-order valence-corrected chi connectivity index (χ4v) is 3.29. The zero-order chi connectivity index (χ0) is 14.0. The normalized spacial score (nSPS) is 11.4. The van der Waals surface area contributed by atoms with E-state index in [9.17, 15) is 13.2 Å². The van der Waals surface area contributed by atoms with Crippen LogP contribution in [-0.2, 0) is 14.6 Å². The maximum absolute atomic E-state index is 12.1. The Labute approximate surface area is 111 Å². The number of nitrogens with zero attached hydrogens (tertiary/aromatic N) is 1. The summed E-state index contributed by atoms with van der Waals surface area (Å²) in [6.45, 7) is 1.25. The number of Topliss-reactive ketones (excluding diaryl/α,β-unsaturated/α-hetero) is 1. The van der Waals surface area contributed by atoms with E-state index in [4.69, 9.17) is 5.73 Å². The lowest BCUT2D eigenvalue weighted by Crippen LogP contribution is -2.17. The summed E-state index contributed by atoms with van der Waals surface area (Å²) in [7, 11) is -3.65. The molecule has 2 aromatic rings. The summed E-state index contributed by atoms with van der Waals surface area (Å²) in [5.74, 6) is -0.905. The Morgan fingerprint density at radius 1 is 1.21 bits per heavy atom. The lowest BCUT2D eigenvalue weighted by Gasteiger charge is -2.11. The molecule has 1 heterocycles. The minimum Gasteiger partial charge on any atom is -0.397 e. The van der Waals surface area contributed by atoms with Crippen LogP contribution in [0.25, 0.3) is 5.69 Å². The summed E-state index contributed by atoms with van der Waals surface area (Å²) < 4.78 is 25.7. The molecule has 100 valence electrons. The minimum atomic E-state index is -3.65. The molecular weight excluding hydrogens is 264 g/mol. The van der Waals surface area contributed by atoms with E-state index in [2.05, 4.69) is 0 Å². The van der Waals surface area contributed by atoms with E-state index < -0.39 is 21.4 Å². The number of para-hydroxylation sites is 2. The summed E-state index contributed by atoms with van der Waals surface area (Å²) >= 11 is 0. The van der Waals surface area contributed by atoms with E-state index in [0.717, 1.165) is 0 Å². The maximum Gasteiger partial charge on any atom is 0.201 e. The minimum absolute atomic E-state index is 0.0700. The van der Waals surface area contributed by atoms with Crippen molar-refractivity contribution >= 4 is 21.3 Å². The highest BCUT2D eigenvalue weighted by atomic mass is 32.2. The van der Waals surface area contributed by atoms with Crippen molar-refractivity contribution in [3.05, 3.63) is 42.6 Å². The van der Waals surface area contributed by atoms with Gasteiger partial charge in [0.05, 0.1) is 11.4 Å². The Morgan fingerprint density at radius 3 is 2.53 bits per heavy atom. The lowest BCUT2D eigenvalue weighted by atomic mass is 10.3. The molecule has 0 aliphatic rings. The number of hydrogen-bond acceptors (Lipinski definition) is 4. The summed E-state index contributed by atoms with van der Waals surface area (Å²) in [5.41, 5.74) is 6.89. The first-order valence-corrected chi connectivity index (χ1v) is 7.31. The van der Waals surface area contributed by atoms with Gasteiger partial charge in [-0.3, -0.25) is 4.79 Å². The van der Waals surface area contributed by atoms with E-state index in [-0.39, 0.29) is 5.03 Å². The monoisotopic (exact) mass is 278 g/mol. The molecule has 0 unspecified atom stereocenters. The molecule has 0 aliphatic heterocycles. The Bertz CT molecular complexity index is 717. The van der Waals surface area contributed by atoms with Crippen molar-refractivity contribution in [2.75, 3.05) is 11.5 Å². The van der Waals surface area contributed by atoms with Crippen LogP contribution >= 0.6 is 0 Å². The molecule has 6 heteroatoms. The fraction of sp³-hybridized carbons (Fsp3) is 0.154. The van der Waals surface area contributed by atoms with Crippen LogP contribution in [0.15, 0.2) is 47.6 Å². The summed E-state index contributed by atoms with van der Waals surface area (Å²) in [4.78, 5) is 11.1. The third-order valence-electron chi connectivity index (χ3n) is 2.62. The topological polar surface area (TPSA) is 82.2 Å². The van der Waals surface area contributed by atoms with Gasteiger partial charge in [-0.15, -0.1) is 0 Å². The SMILES string of the molecule is CC(=O)CS(=O)(=O)c1cccn1-c1ccccc1N. The number of nitrogens with two attached hydrogens (primary N) is 1. The number of carbonyl (C=O) groups is 1. The van der Waals surface area contributed by atoms with Gasteiger partial charge in [-0.25, -0.2) is 8.42 Å². The van der Waals surface area contributed by atoms with Crippen LogP contribution in [0.1, 0.15) is 6.92 Å². The highest BCUT2D eigenvalue weighted by Gasteiger charge is 2.21. The first-order chi connectivity index (χ1) is 8.92. The molecule has 2 N–H and O–H groups in total. The number of sulfone groups is 1. The Morgan fingerprint density at radius 2 is 1.89 bits per heavy atom. The molecule has 0 amide bonds. The van der Waals surface area contributed by atoms with Crippen molar-refractivity contribution in [2.45, 2.75) is 11.9 Å². The van der Waals surface area contributed by atoms with Gasteiger partial charge in [0.15, 0.2) is 0 Å². The van der Waals surface area contributed by atoms with Gasteiger partial charge in [0, 0.05) is 6.20 Å². The second-order valence-corrected chi connectivity index (χ2v) is 6.17. The lowest BCUT2D eigenvalue weighted by molar-refractivity contribution is -0.114. The Hall–Kier alpha value is -2.08. The molecule has 1 aromatic carbocycles. The highest BCUT2D eigenvalue weighted by molar-refractivity contribution is 7.92. The molecule has 0 spiro atoms. The van der Waals surface area contributed by atoms with Gasteiger partial charge in [-0.05, 0) is 31.2 Å². The molecular formula is C13H14N2O3S. The van der Waals surface area contributed by atoms with E-state index in [1.165, 1.54) is 17.6 Å². The second-order valence-electron chi connectivity index (χ2n) is 4.24. The molecule has 0 aliphatic carbocycles. The van der Waals surface area contributed by atoms with Crippen molar-refractivity contribution in [3.8, 4) is 5.69 Å². The standard InChI is InChI=1S/C13H14N2O3S/c1-10(16)9-19(17,18)13-7-4-8-15(13)12-6-3-2-5-11(12)14/h2-8H,9,14H2,1H3. The average molecular weight is 278 g/mol. The van der Waals surface area contributed by atoms with E-state index in [0.29, 0.717) is 11.4 Å². The molecule has 0 fully saturated rings. The summed E-state index contributed by atoms with van der Waals surface area (Å²) in [6, 6.07) is 10.0. The molecule has 5 nitrogen and oxygen atoms in total. The third kappa shape index (κ3) is 2.68. The Balaban J connectivity index is 2.56. The van der Waals surface area contributed by atoms with Crippen molar-refractivity contribution in [1.82, 2.24) is 4.57 Å². The largest absolute Gasteiger partial charge is 0.397 e. The van der Waals surface area contributed by atoms with Gasteiger partial charge in [0.2, 0.25) is 9.84 Å². The number of aromatic nitrogens is 1. The number of hydrogen-bond donors (Lipinski definition) is 1. The molecule has 0 bridgehead atoms. The maximum atomic E-state index is 12.1. The first-order valence-electron chi connectivity index (χ1n) is 5.66. The zero-order valence-corrected chi connectivity index (χ0v) is 11.2. The van der Waals surface area contributed by atoms with Crippen LogP contribution in [0, 0.1) is 0 Å². The molecule has 1 aromatic heterocycles. The van der Waals surface area contributed by atoms with Gasteiger partial charge in [-0.1, -0.05) is 12.1 Å². The predicted molar refractivity (Wildman–Crippen MR) is 72.9 cm³/mol. The predicted octanol–water partition coefficient (Wildman–Crippen LogP) is 1.42. The van der Waals surface area contributed by atoms with E-state index >= 15 is 0 Å². The first kappa shape index (κ1) is 13.4. The number of ketones is 1. The van der Waals surface area contributed by atoms with Gasteiger partial charge < -0.3 is 10.3 Å². The summed E-state index contributed by atoms with van der Waals surface area (Å²) in [5, 5.41) is 0.0700. The molecule has 2 rings (SSSR count). The quantitative estimate of drug-likeness (QED) is 0.857. The van der Waals surface area contributed by atoms with Gasteiger partial charge >= 0.3 is 0 Å². The molecule has 0 saturated heterocycles. The third-order valence-corrected chi connectivity index (χ3v) is 4.38. The zero-order valence-electron chi connectivity index (χ0n) is 10.4. The second kappa shape index (κ2) is 4.89. The molecule has 0 atom stereocenters. The van der Waals surface area contributed by atoms with Gasteiger partial charge in [0.25, 0.3) is 0 Å². The summed E-state index contributed by atoms with van der Waals surface area (Å²) in [6.07, 6.45) is 1.61. The van der Waals surface area contributed by atoms with Crippen molar-refractivity contribution in [1.29, 1.82) is 0 Å². The van der Waals surface area contributed by atoms with Crippen LogP contribution in [0.5, 0.6) is 0 Å². The van der Waals surface area contributed by atoms with Gasteiger partial charge in [0.1, 0.15) is 16.6 Å². The number of nitrogen functional groups attached to an aromatic ring is 1. The number of anilines is 1. The van der Waals surface area contributed by atoms with Crippen LogP contribution in [0.2, 0.25) is 0 Å². The Kier molecular flexibility index (Phi) is 3.44. The number of rotatable bonds is 4. The van der Waals surface area contributed by atoms with Crippen molar-refractivity contribution < 1.29 is 13.2 Å². The number of benzene rings is 1. The van der Waals surface area contributed by atoms with Crippen LogP contribution < -0.4 is 5.73 Å². The van der Waals surface area contributed by atoms with Crippen molar-refractivity contribution in [3.63, 3.8) is 0 Å². The smallest absolute Gasteiger partial charge is 0.201 e. The molecule has 0 radical (unpaired) electrons. The molecule has 0 saturated carbocycles. The van der Waals surface area contributed by atoms with E-state index in [1.54, 1.807) is 36.5 Å². The fourth-order valence-electron chi connectivity index (χ4n) is 1.87. The average Bonchev–Trinajstić information content (AvgIpc) is 2.77. The van der Waals surface area contributed by atoms with Crippen molar-refractivity contribution in [2.24, 2.45) is 0 Å².